The van der Waals surface area contributed by atoms with Crippen LogP contribution in [0, 0.1) is 5.92 Å². The van der Waals surface area contributed by atoms with Crippen molar-refractivity contribution in [2.75, 3.05) is 25.1 Å². The fourth-order valence-corrected chi connectivity index (χ4v) is 3.26. The van der Waals surface area contributed by atoms with E-state index in [-0.39, 0.29) is 16.0 Å². The first-order chi connectivity index (χ1) is 12.4. The molecule has 1 aliphatic heterocycles. The minimum atomic E-state index is -0.319. The average Bonchev–Trinajstić information content (AvgIpc) is 2.63. The van der Waals surface area contributed by atoms with Crippen molar-refractivity contribution >= 4 is 17.3 Å². The second-order valence-corrected chi connectivity index (χ2v) is 8.23. The zero-order valence-corrected chi connectivity index (χ0v) is 16.3. The van der Waals surface area contributed by atoms with E-state index in [0.29, 0.717) is 17.3 Å². The summed E-state index contributed by atoms with van der Waals surface area (Å²) in [7, 11) is 0. The number of halogens is 1. The van der Waals surface area contributed by atoms with E-state index in [1.54, 1.807) is 6.20 Å². The summed E-state index contributed by atoms with van der Waals surface area (Å²) in [6.07, 6.45) is 3.81. The van der Waals surface area contributed by atoms with Gasteiger partial charge >= 0.3 is 0 Å². The van der Waals surface area contributed by atoms with Crippen molar-refractivity contribution in [2.45, 2.75) is 39.0 Å². The number of nitrogens with zero attached hydrogens (tertiary/aromatic N) is 2. The summed E-state index contributed by atoms with van der Waals surface area (Å²) in [5.41, 5.74) is 2.22. The molecule has 1 aromatic carbocycles. The van der Waals surface area contributed by atoms with Gasteiger partial charge in [-0.25, -0.2) is 0 Å². The Balaban J connectivity index is 1.77. The molecule has 2 aromatic rings. The highest BCUT2D eigenvalue weighted by molar-refractivity contribution is 6.32. The number of rotatable bonds is 4. The van der Waals surface area contributed by atoms with Gasteiger partial charge in [0.1, 0.15) is 5.02 Å². The minimum Gasteiger partial charge on any atom is -0.382 e. The topological polar surface area (TPSA) is 56.1 Å². The van der Waals surface area contributed by atoms with E-state index in [9.17, 15) is 4.79 Å². The van der Waals surface area contributed by atoms with Gasteiger partial charge in [-0.1, -0.05) is 44.5 Å². The summed E-state index contributed by atoms with van der Waals surface area (Å²) in [4.78, 5) is 12.6. The van der Waals surface area contributed by atoms with Crippen LogP contribution in [0.1, 0.15) is 39.2 Å². The van der Waals surface area contributed by atoms with Crippen LogP contribution < -0.4 is 10.9 Å². The highest BCUT2D eigenvalue weighted by Gasteiger charge is 2.17. The first kappa shape index (κ1) is 18.9. The van der Waals surface area contributed by atoms with Gasteiger partial charge in [0.25, 0.3) is 5.56 Å². The standard InChI is InChI=1S/C20H26ClN3O2/c1-20(2,3)15-6-8-16(9-7-15)24-19(25)18(21)17(12-23-24)22-11-14-5-4-10-26-13-14/h6-9,12,14,22H,4-5,10-11,13H2,1-3H3/t14-/m1/s1. The van der Waals surface area contributed by atoms with Crippen molar-refractivity contribution < 1.29 is 4.74 Å². The summed E-state index contributed by atoms with van der Waals surface area (Å²) in [6, 6.07) is 7.84. The van der Waals surface area contributed by atoms with Crippen LogP contribution in [0.25, 0.3) is 5.69 Å². The monoisotopic (exact) mass is 375 g/mol. The molecule has 26 heavy (non-hydrogen) atoms. The van der Waals surface area contributed by atoms with Crippen LogP contribution in [0.4, 0.5) is 5.69 Å². The molecule has 1 saturated heterocycles. The van der Waals surface area contributed by atoms with E-state index >= 15 is 0 Å². The molecule has 1 fully saturated rings. The third kappa shape index (κ3) is 4.27. The van der Waals surface area contributed by atoms with Crippen molar-refractivity contribution in [1.29, 1.82) is 0 Å². The Labute approximate surface area is 159 Å². The van der Waals surface area contributed by atoms with Crippen molar-refractivity contribution in [3.05, 3.63) is 51.4 Å². The quantitative estimate of drug-likeness (QED) is 0.876. The molecule has 0 spiro atoms. The molecule has 1 aromatic heterocycles. The van der Waals surface area contributed by atoms with Crippen LogP contribution in [0.3, 0.4) is 0 Å². The van der Waals surface area contributed by atoms with Gasteiger partial charge in [-0.05, 0) is 41.9 Å². The molecule has 5 nitrogen and oxygen atoms in total. The number of benzene rings is 1. The summed E-state index contributed by atoms with van der Waals surface area (Å²) >= 11 is 6.30. The van der Waals surface area contributed by atoms with Crippen molar-refractivity contribution in [3.8, 4) is 5.69 Å². The number of hydrogen-bond acceptors (Lipinski definition) is 4. The Morgan fingerprint density at radius 1 is 1.31 bits per heavy atom. The Morgan fingerprint density at radius 2 is 2.04 bits per heavy atom. The SMILES string of the molecule is CC(C)(C)c1ccc(-n2ncc(NC[C@H]3CCCOC3)c(Cl)c2=O)cc1. The van der Waals surface area contributed by atoms with Gasteiger partial charge in [0.15, 0.2) is 0 Å². The van der Waals surface area contributed by atoms with Gasteiger partial charge in [0.2, 0.25) is 0 Å². The molecular weight excluding hydrogens is 350 g/mol. The number of hydrogen-bond donors (Lipinski definition) is 1. The molecule has 1 atom stereocenters. The van der Waals surface area contributed by atoms with Crippen molar-refractivity contribution in [1.82, 2.24) is 9.78 Å². The molecule has 0 amide bonds. The molecular formula is C20H26ClN3O2. The first-order valence-corrected chi connectivity index (χ1v) is 9.44. The van der Waals surface area contributed by atoms with Crippen LogP contribution in [0.2, 0.25) is 5.02 Å². The first-order valence-electron chi connectivity index (χ1n) is 9.06. The lowest BCUT2D eigenvalue weighted by Crippen LogP contribution is -2.26. The summed E-state index contributed by atoms with van der Waals surface area (Å²) in [5.74, 6) is 0.437. The molecule has 1 N–H and O–H groups in total. The molecule has 0 unspecified atom stereocenters. The van der Waals surface area contributed by atoms with E-state index in [4.69, 9.17) is 16.3 Å². The van der Waals surface area contributed by atoms with Crippen LogP contribution >= 0.6 is 11.6 Å². The van der Waals surface area contributed by atoms with E-state index < -0.39 is 0 Å². The molecule has 0 aliphatic carbocycles. The maximum Gasteiger partial charge on any atom is 0.292 e. The maximum atomic E-state index is 12.6. The lowest BCUT2D eigenvalue weighted by molar-refractivity contribution is 0.0595. The molecule has 3 rings (SSSR count). The van der Waals surface area contributed by atoms with Crippen LogP contribution in [0.5, 0.6) is 0 Å². The molecule has 2 heterocycles. The van der Waals surface area contributed by atoms with Gasteiger partial charge in [0, 0.05) is 13.2 Å². The smallest absolute Gasteiger partial charge is 0.292 e. The molecule has 140 valence electrons. The van der Waals surface area contributed by atoms with Gasteiger partial charge in [-0.15, -0.1) is 0 Å². The average molecular weight is 376 g/mol. The van der Waals surface area contributed by atoms with Gasteiger partial charge in [0.05, 0.1) is 24.2 Å². The highest BCUT2D eigenvalue weighted by atomic mass is 35.5. The zero-order chi connectivity index (χ0) is 18.7. The molecule has 0 bridgehead atoms. The fourth-order valence-electron chi connectivity index (χ4n) is 3.07. The summed E-state index contributed by atoms with van der Waals surface area (Å²) in [6.45, 7) is 8.77. The largest absolute Gasteiger partial charge is 0.382 e. The molecule has 1 aliphatic rings. The van der Waals surface area contributed by atoms with Crippen molar-refractivity contribution in [3.63, 3.8) is 0 Å². The zero-order valence-electron chi connectivity index (χ0n) is 15.6. The van der Waals surface area contributed by atoms with Crippen LogP contribution in [0.15, 0.2) is 35.3 Å². The normalized spacial score (nSPS) is 17.9. The predicted octanol–water partition coefficient (Wildman–Crippen LogP) is 4.02. The summed E-state index contributed by atoms with van der Waals surface area (Å²) in [5, 5.41) is 7.70. The van der Waals surface area contributed by atoms with E-state index in [1.807, 2.05) is 24.3 Å². The third-order valence-corrected chi connectivity index (χ3v) is 5.10. The van der Waals surface area contributed by atoms with E-state index in [1.165, 1.54) is 10.2 Å². The number of anilines is 1. The second kappa shape index (κ2) is 7.80. The number of aromatic nitrogens is 2. The second-order valence-electron chi connectivity index (χ2n) is 7.85. The highest BCUT2D eigenvalue weighted by Crippen LogP contribution is 2.23. The third-order valence-electron chi connectivity index (χ3n) is 4.73. The number of nitrogens with one attached hydrogen (secondary N) is 1. The maximum absolute atomic E-state index is 12.6. The molecule has 0 radical (unpaired) electrons. The van der Waals surface area contributed by atoms with Gasteiger partial charge in [-0.2, -0.15) is 9.78 Å². The summed E-state index contributed by atoms with van der Waals surface area (Å²) < 4.78 is 6.82. The van der Waals surface area contributed by atoms with Crippen LogP contribution in [-0.4, -0.2) is 29.5 Å². The minimum absolute atomic E-state index is 0.0607. The van der Waals surface area contributed by atoms with Crippen LogP contribution in [-0.2, 0) is 10.2 Å². The van der Waals surface area contributed by atoms with E-state index in [2.05, 4.69) is 31.2 Å². The molecule has 6 heteroatoms. The Kier molecular flexibility index (Phi) is 5.68. The van der Waals surface area contributed by atoms with Crippen molar-refractivity contribution in [2.24, 2.45) is 5.92 Å². The number of ether oxygens (including phenoxy) is 1. The Morgan fingerprint density at radius 3 is 2.65 bits per heavy atom. The Hall–Kier alpha value is -1.85. The fraction of sp³-hybridized carbons (Fsp3) is 0.500. The Bertz CT molecular complexity index is 803. The van der Waals surface area contributed by atoms with Gasteiger partial charge in [-0.3, -0.25) is 4.79 Å². The lowest BCUT2D eigenvalue weighted by atomic mass is 9.87. The molecule has 0 saturated carbocycles. The van der Waals surface area contributed by atoms with Gasteiger partial charge < -0.3 is 10.1 Å². The van der Waals surface area contributed by atoms with E-state index in [0.717, 1.165) is 32.6 Å². The predicted molar refractivity (Wildman–Crippen MR) is 106 cm³/mol. The lowest BCUT2D eigenvalue weighted by Gasteiger charge is -2.23.